The van der Waals surface area contributed by atoms with E-state index in [1.54, 1.807) is 0 Å². The molecule has 6 atom stereocenters. The van der Waals surface area contributed by atoms with Gasteiger partial charge in [-0.3, -0.25) is 9.88 Å². The maximum absolute atomic E-state index is 13.3. The number of fused-ring (bicyclic) bond motifs is 5. The molecule has 2 fully saturated rings. The fourth-order valence-electron chi connectivity index (χ4n) is 10.5. The molecule has 8 rings (SSSR count). The van der Waals surface area contributed by atoms with E-state index in [0.29, 0.717) is 18.6 Å². The SMILES string of the molecule is CCOc1cccc2c3ccnc(C4=C[C@@]5(O)CC/C=C\CCCCN6CCC4[C@]4(C[C@@H]7/C=C\CCCCN7[C@H]45)C6)c3n(CC)c12. The zero-order valence-corrected chi connectivity index (χ0v) is 28.0. The van der Waals surface area contributed by atoms with Gasteiger partial charge in [-0.15, -0.1) is 0 Å². The molecule has 1 aliphatic carbocycles. The second-order valence-corrected chi connectivity index (χ2v) is 14.7. The average Bonchev–Trinajstić information content (AvgIpc) is 3.54. The van der Waals surface area contributed by atoms with Crippen molar-refractivity contribution in [3.05, 3.63) is 66.5 Å². The van der Waals surface area contributed by atoms with Gasteiger partial charge in [-0.25, -0.2) is 0 Å². The van der Waals surface area contributed by atoms with Crippen LogP contribution >= 0.6 is 0 Å². The topological polar surface area (TPSA) is 53.8 Å². The molecule has 1 aromatic carbocycles. The van der Waals surface area contributed by atoms with Crippen LogP contribution in [0.2, 0.25) is 0 Å². The molecule has 6 heterocycles. The standard InChI is InChI=1S/C40H52N4O2/c1-3-43-36-30(17-15-18-34(36)46-4-2)31-19-22-41-35(37(31)43)32-27-40(45)21-12-8-5-6-9-13-23-42-25-20-33(32)39(28-42)26-29-16-11-7-10-14-24-44(29)38(39)40/h5,8,11,15-19,22,27,29,33,38,45H,3-4,6-7,9-10,12-14,20-21,23-26,28H2,1-2H3/b8-5-,16-11-/t29-,33?,38+,39-,40-/m0/s1. The Hall–Kier alpha value is -2.93. The first-order chi connectivity index (χ1) is 22.6. The van der Waals surface area contributed by atoms with E-state index in [9.17, 15) is 5.11 Å². The van der Waals surface area contributed by atoms with Crippen molar-refractivity contribution in [2.45, 2.75) is 102 Å². The summed E-state index contributed by atoms with van der Waals surface area (Å²) >= 11 is 0. The van der Waals surface area contributed by atoms with Crippen LogP contribution < -0.4 is 4.74 Å². The van der Waals surface area contributed by atoms with E-state index in [1.807, 2.05) is 6.20 Å². The zero-order valence-electron chi connectivity index (χ0n) is 28.0. The monoisotopic (exact) mass is 620 g/mol. The Bertz CT molecular complexity index is 1690. The van der Waals surface area contributed by atoms with E-state index < -0.39 is 5.60 Å². The normalized spacial score (nSPS) is 34.8. The van der Waals surface area contributed by atoms with E-state index in [0.717, 1.165) is 81.8 Å². The quantitative estimate of drug-likeness (QED) is 0.303. The van der Waals surface area contributed by atoms with Crippen molar-refractivity contribution in [2.75, 3.05) is 32.8 Å². The molecule has 6 heteroatoms. The largest absolute Gasteiger partial charge is 0.492 e. The molecule has 244 valence electrons. The Morgan fingerprint density at radius 3 is 2.63 bits per heavy atom. The Labute approximate surface area is 274 Å². The van der Waals surface area contributed by atoms with Crippen molar-refractivity contribution in [3.8, 4) is 5.75 Å². The lowest BCUT2D eigenvalue weighted by Crippen LogP contribution is -2.65. The second-order valence-electron chi connectivity index (χ2n) is 14.7. The summed E-state index contributed by atoms with van der Waals surface area (Å²) in [5, 5.41) is 15.7. The zero-order chi connectivity index (χ0) is 31.3. The van der Waals surface area contributed by atoms with Crippen molar-refractivity contribution in [3.63, 3.8) is 0 Å². The van der Waals surface area contributed by atoms with Crippen molar-refractivity contribution in [2.24, 2.45) is 11.3 Å². The van der Waals surface area contributed by atoms with Gasteiger partial charge in [0.15, 0.2) is 0 Å². The molecular weight excluding hydrogens is 568 g/mol. The fraction of sp³-hybridized carbons (Fsp3) is 0.575. The van der Waals surface area contributed by atoms with Crippen molar-refractivity contribution >= 4 is 27.4 Å². The first-order valence-electron chi connectivity index (χ1n) is 18.4. The third-order valence-corrected chi connectivity index (χ3v) is 12.1. The summed E-state index contributed by atoms with van der Waals surface area (Å²) in [7, 11) is 0. The molecule has 2 unspecified atom stereocenters. The fourth-order valence-corrected chi connectivity index (χ4v) is 10.5. The number of aryl methyl sites for hydroxylation is 1. The molecule has 3 aromatic rings. The lowest BCUT2D eigenvalue weighted by atomic mass is 9.54. The van der Waals surface area contributed by atoms with Crippen LogP contribution in [0.25, 0.3) is 27.4 Å². The predicted octanol–water partition coefficient (Wildman–Crippen LogP) is 7.75. The highest BCUT2D eigenvalue weighted by Gasteiger charge is 2.65. The summed E-state index contributed by atoms with van der Waals surface area (Å²) in [6.45, 7) is 10.2. The van der Waals surface area contributed by atoms with Gasteiger partial charge in [-0.2, -0.15) is 0 Å². The Kier molecular flexibility index (Phi) is 8.11. The molecule has 0 amide bonds. The smallest absolute Gasteiger partial charge is 0.143 e. The van der Waals surface area contributed by atoms with Crippen LogP contribution in [0.1, 0.15) is 83.7 Å². The molecule has 2 saturated heterocycles. The molecule has 0 radical (unpaired) electrons. The number of piperidine rings is 1. The minimum atomic E-state index is -0.932. The van der Waals surface area contributed by atoms with Crippen LogP contribution in [-0.4, -0.2) is 74.9 Å². The number of nitrogens with zero attached hydrogens (tertiary/aromatic N) is 4. The van der Waals surface area contributed by atoms with Gasteiger partial charge in [0, 0.05) is 41.5 Å². The number of ether oxygens (including phenoxy) is 1. The number of aliphatic hydroxyl groups is 1. The van der Waals surface area contributed by atoms with E-state index >= 15 is 0 Å². The third-order valence-electron chi connectivity index (χ3n) is 12.1. The highest BCUT2D eigenvalue weighted by molar-refractivity contribution is 6.12. The molecule has 6 nitrogen and oxygen atoms in total. The maximum atomic E-state index is 13.3. The van der Waals surface area contributed by atoms with Crippen LogP contribution in [0.4, 0.5) is 0 Å². The van der Waals surface area contributed by atoms with Gasteiger partial charge in [0.1, 0.15) is 5.75 Å². The summed E-state index contributed by atoms with van der Waals surface area (Å²) in [6, 6.07) is 9.14. The number of rotatable bonds is 4. The van der Waals surface area contributed by atoms with Crippen LogP contribution in [0, 0.1) is 11.3 Å². The predicted molar refractivity (Wildman–Crippen MR) is 188 cm³/mol. The third kappa shape index (κ3) is 4.81. The van der Waals surface area contributed by atoms with E-state index in [-0.39, 0.29) is 11.5 Å². The maximum Gasteiger partial charge on any atom is 0.143 e. The lowest BCUT2D eigenvalue weighted by molar-refractivity contribution is -0.0894. The minimum Gasteiger partial charge on any atom is -0.492 e. The van der Waals surface area contributed by atoms with E-state index in [2.05, 4.69) is 82.9 Å². The molecule has 4 aliphatic heterocycles. The van der Waals surface area contributed by atoms with Crippen LogP contribution in [0.3, 0.4) is 0 Å². The minimum absolute atomic E-state index is 0.0302. The lowest BCUT2D eigenvalue weighted by Gasteiger charge is -2.58. The van der Waals surface area contributed by atoms with Crippen molar-refractivity contribution in [1.29, 1.82) is 0 Å². The number of hydrogen-bond acceptors (Lipinski definition) is 5. The summed E-state index contributed by atoms with van der Waals surface area (Å²) < 4.78 is 8.64. The number of pyridine rings is 1. The first kappa shape index (κ1) is 30.4. The van der Waals surface area contributed by atoms with Gasteiger partial charge < -0.3 is 19.3 Å². The molecule has 3 bridgehead atoms. The summed E-state index contributed by atoms with van der Waals surface area (Å²) in [5.41, 5.74) is 3.75. The number of aromatic nitrogens is 2. The molecular formula is C40H52N4O2. The molecule has 1 spiro atoms. The molecule has 46 heavy (non-hydrogen) atoms. The van der Waals surface area contributed by atoms with Gasteiger partial charge in [0.25, 0.3) is 0 Å². The summed E-state index contributed by atoms with van der Waals surface area (Å²) in [6.07, 6.45) is 25.1. The number of benzene rings is 1. The highest BCUT2D eigenvalue weighted by Crippen LogP contribution is 2.62. The number of allylic oxidation sites excluding steroid dienone is 4. The Morgan fingerprint density at radius 2 is 1.76 bits per heavy atom. The average molecular weight is 621 g/mol. The van der Waals surface area contributed by atoms with E-state index in [4.69, 9.17) is 9.72 Å². The van der Waals surface area contributed by atoms with Gasteiger partial charge in [-0.05, 0) is 127 Å². The van der Waals surface area contributed by atoms with Crippen molar-refractivity contribution in [1.82, 2.24) is 19.4 Å². The van der Waals surface area contributed by atoms with Gasteiger partial charge >= 0.3 is 0 Å². The summed E-state index contributed by atoms with van der Waals surface area (Å²) in [5.74, 6) is 1.29. The highest BCUT2D eigenvalue weighted by atomic mass is 16.5. The molecule has 0 saturated carbocycles. The van der Waals surface area contributed by atoms with Gasteiger partial charge in [0.05, 0.1) is 35.0 Å². The van der Waals surface area contributed by atoms with Crippen molar-refractivity contribution < 1.29 is 9.84 Å². The Morgan fingerprint density at radius 1 is 0.935 bits per heavy atom. The molecule has 2 aromatic heterocycles. The van der Waals surface area contributed by atoms with E-state index in [1.165, 1.54) is 54.0 Å². The molecule has 5 aliphatic rings. The number of para-hydroxylation sites is 1. The molecule has 1 N–H and O–H groups in total. The second kappa shape index (κ2) is 12.3. The van der Waals surface area contributed by atoms with Crippen LogP contribution in [-0.2, 0) is 6.54 Å². The Balaban J connectivity index is 1.37. The first-order valence-corrected chi connectivity index (χ1v) is 18.4. The summed E-state index contributed by atoms with van der Waals surface area (Å²) in [4.78, 5) is 10.8. The van der Waals surface area contributed by atoms with Crippen LogP contribution in [0.15, 0.2) is 60.8 Å². The van der Waals surface area contributed by atoms with Gasteiger partial charge in [0.2, 0.25) is 0 Å². The van der Waals surface area contributed by atoms with Gasteiger partial charge in [-0.1, -0.05) is 36.4 Å². The number of hydrogen-bond donors (Lipinski definition) is 1. The van der Waals surface area contributed by atoms with Crippen LogP contribution in [0.5, 0.6) is 5.75 Å².